The van der Waals surface area contributed by atoms with E-state index < -0.39 is 11.7 Å². The first kappa shape index (κ1) is 19.8. The van der Waals surface area contributed by atoms with Crippen molar-refractivity contribution in [3.8, 4) is 0 Å². The Labute approximate surface area is 151 Å². The van der Waals surface area contributed by atoms with Gasteiger partial charge in [-0.1, -0.05) is 25.4 Å². The van der Waals surface area contributed by atoms with Crippen LogP contribution in [0, 0.1) is 11.8 Å². The zero-order valence-electron chi connectivity index (χ0n) is 14.6. The van der Waals surface area contributed by atoms with Gasteiger partial charge in [-0.05, 0) is 24.8 Å². The van der Waals surface area contributed by atoms with Gasteiger partial charge in [-0.3, -0.25) is 4.79 Å². The maximum Gasteiger partial charge on any atom is 0.417 e. The molecule has 1 fully saturated rings. The Hall–Kier alpha value is -1.50. The Balaban J connectivity index is 1.99. The number of piperidine rings is 1. The van der Waals surface area contributed by atoms with Crippen molar-refractivity contribution in [1.82, 2.24) is 9.88 Å². The molecule has 1 aliphatic heterocycles. The van der Waals surface area contributed by atoms with E-state index in [1.807, 2.05) is 11.9 Å². The van der Waals surface area contributed by atoms with Crippen LogP contribution in [0.3, 0.4) is 0 Å². The number of amides is 1. The Kier molecular flexibility index (Phi) is 6.19. The Morgan fingerprint density at radius 1 is 1.40 bits per heavy atom. The molecular weight excluding hydrogens is 355 g/mol. The molecule has 1 saturated heterocycles. The number of pyridine rings is 1. The summed E-state index contributed by atoms with van der Waals surface area (Å²) in [4.78, 5) is 19.9. The van der Waals surface area contributed by atoms with Crippen molar-refractivity contribution in [2.45, 2.75) is 32.9 Å². The average molecular weight is 378 g/mol. The molecular formula is C17H23ClF3N3O. The van der Waals surface area contributed by atoms with E-state index in [2.05, 4.69) is 18.8 Å². The number of rotatable bonds is 4. The lowest BCUT2D eigenvalue weighted by Crippen LogP contribution is -2.42. The minimum atomic E-state index is -4.46. The summed E-state index contributed by atoms with van der Waals surface area (Å²) >= 11 is 6.00. The molecule has 0 saturated carbocycles. The van der Waals surface area contributed by atoms with Crippen LogP contribution in [-0.2, 0) is 11.0 Å². The maximum atomic E-state index is 12.7. The van der Waals surface area contributed by atoms with Crippen molar-refractivity contribution < 1.29 is 18.0 Å². The number of hydrogen-bond acceptors (Lipinski definition) is 3. The van der Waals surface area contributed by atoms with Crippen LogP contribution in [0.5, 0.6) is 0 Å². The highest BCUT2D eigenvalue weighted by molar-refractivity contribution is 6.33. The maximum absolute atomic E-state index is 12.7. The van der Waals surface area contributed by atoms with Crippen molar-refractivity contribution in [3.63, 3.8) is 0 Å². The highest BCUT2D eigenvalue weighted by Gasteiger charge is 2.33. The molecule has 140 valence electrons. The second-order valence-corrected chi connectivity index (χ2v) is 7.31. The zero-order chi connectivity index (χ0) is 18.8. The van der Waals surface area contributed by atoms with Crippen LogP contribution in [0.15, 0.2) is 12.3 Å². The minimum absolute atomic E-state index is 0.0171. The Bertz CT molecular complexity index is 614. The van der Waals surface area contributed by atoms with Crippen LogP contribution < -0.4 is 4.90 Å². The molecule has 25 heavy (non-hydrogen) atoms. The van der Waals surface area contributed by atoms with Crippen molar-refractivity contribution in [2.24, 2.45) is 11.8 Å². The predicted octanol–water partition coefficient (Wildman–Crippen LogP) is 4.08. The minimum Gasteiger partial charge on any atom is -0.355 e. The molecule has 0 aliphatic carbocycles. The molecule has 0 radical (unpaired) electrons. The third kappa shape index (κ3) is 5.00. The highest BCUT2D eigenvalue weighted by Crippen LogP contribution is 2.34. The van der Waals surface area contributed by atoms with E-state index in [9.17, 15) is 18.0 Å². The molecule has 2 heterocycles. The largest absolute Gasteiger partial charge is 0.417 e. The molecule has 1 aromatic rings. The fourth-order valence-corrected chi connectivity index (χ4v) is 3.39. The summed E-state index contributed by atoms with van der Waals surface area (Å²) in [7, 11) is 1.81. The molecule has 0 aromatic carbocycles. The number of aromatic nitrogens is 1. The van der Waals surface area contributed by atoms with Gasteiger partial charge in [-0.2, -0.15) is 13.2 Å². The van der Waals surface area contributed by atoms with E-state index >= 15 is 0 Å². The fourth-order valence-electron chi connectivity index (χ4n) is 3.11. The predicted molar refractivity (Wildman–Crippen MR) is 91.7 cm³/mol. The molecule has 1 aromatic heterocycles. The molecule has 8 heteroatoms. The van der Waals surface area contributed by atoms with Gasteiger partial charge in [-0.25, -0.2) is 4.98 Å². The third-order valence-corrected chi connectivity index (χ3v) is 4.59. The summed E-state index contributed by atoms with van der Waals surface area (Å²) < 4.78 is 38.1. The van der Waals surface area contributed by atoms with Gasteiger partial charge in [0.15, 0.2) is 0 Å². The van der Waals surface area contributed by atoms with Crippen molar-refractivity contribution in [1.29, 1.82) is 0 Å². The van der Waals surface area contributed by atoms with Gasteiger partial charge in [0, 0.05) is 38.8 Å². The molecule has 0 unspecified atom stereocenters. The lowest BCUT2D eigenvalue weighted by molar-refractivity contribution is -0.138. The molecule has 0 bridgehead atoms. The summed E-state index contributed by atoms with van der Waals surface area (Å²) in [5.74, 6) is 0.813. The third-order valence-electron chi connectivity index (χ3n) is 4.31. The standard InChI is InChI=1S/C17H23ClF3N3O/c1-11(2)10-23(3)16(25)12-4-6-24(7-5-12)15-14(18)8-13(9-22-15)17(19,20)21/h8-9,11-12H,4-7,10H2,1-3H3. The van der Waals surface area contributed by atoms with E-state index in [1.165, 1.54) is 0 Å². The Morgan fingerprint density at radius 2 is 2.00 bits per heavy atom. The molecule has 4 nitrogen and oxygen atoms in total. The van der Waals surface area contributed by atoms with Crippen LogP contribution in [0.25, 0.3) is 0 Å². The molecule has 1 amide bonds. The number of halogens is 4. The second kappa shape index (κ2) is 7.81. The van der Waals surface area contributed by atoms with Crippen LogP contribution in [0.4, 0.5) is 19.0 Å². The van der Waals surface area contributed by atoms with Gasteiger partial charge in [0.2, 0.25) is 5.91 Å². The van der Waals surface area contributed by atoms with Crippen LogP contribution in [0.2, 0.25) is 5.02 Å². The normalized spacial score (nSPS) is 16.4. The van der Waals surface area contributed by atoms with E-state index in [-0.39, 0.29) is 16.8 Å². The van der Waals surface area contributed by atoms with Gasteiger partial charge < -0.3 is 9.80 Å². The second-order valence-electron chi connectivity index (χ2n) is 6.90. The summed E-state index contributed by atoms with van der Waals surface area (Å²) in [5, 5.41) is -0.0171. The summed E-state index contributed by atoms with van der Waals surface area (Å²) in [6.45, 7) is 5.93. The first-order valence-corrected chi connectivity index (χ1v) is 8.70. The van der Waals surface area contributed by atoms with Crippen LogP contribution in [-0.4, -0.2) is 42.5 Å². The molecule has 0 N–H and O–H groups in total. The van der Waals surface area contributed by atoms with Crippen molar-refractivity contribution in [3.05, 3.63) is 22.8 Å². The summed E-state index contributed by atoms with van der Waals surface area (Å²) in [6, 6.07) is 0.900. The number of anilines is 1. The van der Waals surface area contributed by atoms with E-state index in [0.29, 0.717) is 44.2 Å². The molecule has 0 spiro atoms. The van der Waals surface area contributed by atoms with Crippen LogP contribution >= 0.6 is 11.6 Å². The van der Waals surface area contributed by atoms with E-state index in [4.69, 9.17) is 11.6 Å². The fraction of sp³-hybridized carbons (Fsp3) is 0.647. The lowest BCUT2D eigenvalue weighted by atomic mass is 9.95. The lowest BCUT2D eigenvalue weighted by Gasteiger charge is -2.34. The number of nitrogens with zero attached hydrogens (tertiary/aromatic N) is 3. The number of carbonyl (C=O) groups is 1. The first-order valence-electron chi connectivity index (χ1n) is 8.32. The zero-order valence-corrected chi connectivity index (χ0v) is 15.4. The summed E-state index contributed by atoms with van der Waals surface area (Å²) in [6.07, 6.45) is -2.38. The van der Waals surface area contributed by atoms with Gasteiger partial charge >= 0.3 is 6.18 Å². The van der Waals surface area contributed by atoms with E-state index in [0.717, 1.165) is 12.3 Å². The number of hydrogen-bond donors (Lipinski definition) is 0. The number of alkyl halides is 3. The highest BCUT2D eigenvalue weighted by atomic mass is 35.5. The van der Waals surface area contributed by atoms with Gasteiger partial charge in [-0.15, -0.1) is 0 Å². The summed E-state index contributed by atoms with van der Waals surface area (Å²) in [5.41, 5.74) is -0.860. The molecule has 2 rings (SSSR count). The van der Waals surface area contributed by atoms with Gasteiger partial charge in [0.25, 0.3) is 0 Å². The smallest absolute Gasteiger partial charge is 0.355 e. The quantitative estimate of drug-likeness (QED) is 0.793. The van der Waals surface area contributed by atoms with Crippen molar-refractivity contribution in [2.75, 3.05) is 31.6 Å². The number of carbonyl (C=O) groups excluding carboxylic acids is 1. The monoisotopic (exact) mass is 377 g/mol. The van der Waals surface area contributed by atoms with Crippen molar-refractivity contribution >= 4 is 23.3 Å². The van der Waals surface area contributed by atoms with Gasteiger partial charge in [0.05, 0.1) is 10.6 Å². The molecule has 1 aliphatic rings. The SMILES string of the molecule is CC(C)CN(C)C(=O)C1CCN(c2ncc(C(F)(F)F)cc2Cl)CC1. The van der Waals surface area contributed by atoms with E-state index in [1.54, 1.807) is 4.90 Å². The Morgan fingerprint density at radius 3 is 2.48 bits per heavy atom. The van der Waals surface area contributed by atoms with Gasteiger partial charge in [0.1, 0.15) is 5.82 Å². The van der Waals surface area contributed by atoms with Crippen LogP contribution in [0.1, 0.15) is 32.3 Å². The molecule has 0 atom stereocenters. The first-order chi connectivity index (χ1) is 11.6. The topological polar surface area (TPSA) is 36.4 Å². The average Bonchev–Trinajstić information content (AvgIpc) is 2.53.